The minimum atomic E-state index is -0.294. The summed E-state index contributed by atoms with van der Waals surface area (Å²) in [4.78, 5) is 12.5. The molecule has 4 nitrogen and oxygen atoms in total. The molecule has 0 bridgehead atoms. The quantitative estimate of drug-likeness (QED) is 0.657. The van der Waals surface area contributed by atoms with Crippen LogP contribution in [0.25, 0.3) is 10.8 Å². The van der Waals surface area contributed by atoms with Crippen LogP contribution in [-0.4, -0.2) is 16.6 Å². The summed E-state index contributed by atoms with van der Waals surface area (Å²) in [5.41, 5.74) is 8.22. The van der Waals surface area contributed by atoms with Crippen molar-refractivity contribution < 1.29 is 9.90 Å². The summed E-state index contributed by atoms with van der Waals surface area (Å²) in [5.74, 6) is -0.281. The second kappa shape index (κ2) is 7.18. The number of nitrogens with one attached hydrogen (secondary N) is 1. The molecule has 0 radical (unpaired) electrons. The van der Waals surface area contributed by atoms with Gasteiger partial charge < -0.3 is 16.2 Å². The van der Waals surface area contributed by atoms with Gasteiger partial charge in [-0.1, -0.05) is 54.6 Å². The Balaban J connectivity index is 1.73. The Hall–Kier alpha value is -2.85. The van der Waals surface area contributed by atoms with E-state index in [0.29, 0.717) is 11.9 Å². The van der Waals surface area contributed by atoms with E-state index < -0.39 is 0 Å². The molecule has 0 fully saturated rings. The molecule has 0 aromatic heterocycles. The number of rotatable bonds is 5. The zero-order chi connectivity index (χ0) is 18.7. The molecule has 0 saturated carbocycles. The number of fused-ring (bicyclic) bond motifs is 1. The molecule has 1 amide bonds. The topological polar surface area (TPSA) is 75.3 Å². The fraction of sp³-hybridized carbons (Fsp3) is 0.227. The summed E-state index contributed by atoms with van der Waals surface area (Å²) >= 11 is 0. The number of hydrogen-bond donors (Lipinski definition) is 3. The highest BCUT2D eigenvalue weighted by molar-refractivity contribution is 6.03. The summed E-state index contributed by atoms with van der Waals surface area (Å²) in [6, 6.07) is 19.0. The van der Waals surface area contributed by atoms with Crippen molar-refractivity contribution in [1.82, 2.24) is 5.32 Å². The van der Waals surface area contributed by atoms with Crippen molar-refractivity contribution in [2.24, 2.45) is 5.73 Å². The number of hydrogen-bond acceptors (Lipinski definition) is 3. The standard InChI is InChI=1S/C22H24N2O2/c1-22(2,23)13-15-6-5-7-16(12-15)14-24-21(26)19-11-10-17-8-3-4-9-18(17)20(19)25/h3-12,25H,13-14,23H2,1-2H3,(H,24,26). The second-order valence-corrected chi connectivity index (χ2v) is 7.35. The highest BCUT2D eigenvalue weighted by Crippen LogP contribution is 2.28. The van der Waals surface area contributed by atoms with E-state index in [-0.39, 0.29) is 22.8 Å². The molecule has 0 aliphatic carbocycles. The number of nitrogens with two attached hydrogens (primary N) is 1. The summed E-state index contributed by atoms with van der Waals surface area (Å²) in [6.07, 6.45) is 0.764. The van der Waals surface area contributed by atoms with Gasteiger partial charge in [0.1, 0.15) is 5.75 Å². The Morgan fingerprint density at radius 1 is 1.04 bits per heavy atom. The van der Waals surface area contributed by atoms with Crippen LogP contribution in [-0.2, 0) is 13.0 Å². The molecule has 3 aromatic rings. The molecule has 4 heteroatoms. The monoisotopic (exact) mass is 348 g/mol. The van der Waals surface area contributed by atoms with E-state index >= 15 is 0 Å². The average molecular weight is 348 g/mol. The predicted molar refractivity (Wildman–Crippen MR) is 105 cm³/mol. The molecular weight excluding hydrogens is 324 g/mol. The lowest BCUT2D eigenvalue weighted by Crippen LogP contribution is -2.34. The van der Waals surface area contributed by atoms with Gasteiger partial charge >= 0.3 is 0 Å². The lowest BCUT2D eigenvalue weighted by Gasteiger charge is -2.18. The Labute approximate surface area is 153 Å². The Kier molecular flexibility index (Phi) is 4.96. The van der Waals surface area contributed by atoms with E-state index in [0.717, 1.165) is 22.9 Å². The first-order valence-electron chi connectivity index (χ1n) is 8.69. The fourth-order valence-electron chi connectivity index (χ4n) is 3.09. The summed E-state index contributed by atoms with van der Waals surface area (Å²) < 4.78 is 0. The van der Waals surface area contributed by atoms with Gasteiger partial charge in [0.05, 0.1) is 5.56 Å². The van der Waals surface area contributed by atoms with Gasteiger partial charge in [0.25, 0.3) is 5.91 Å². The maximum atomic E-state index is 12.5. The number of benzene rings is 3. The number of carbonyl (C=O) groups is 1. The molecule has 0 aliphatic heterocycles. The van der Waals surface area contributed by atoms with Gasteiger partial charge in [0.2, 0.25) is 0 Å². The lowest BCUT2D eigenvalue weighted by molar-refractivity contribution is 0.0948. The summed E-state index contributed by atoms with van der Waals surface area (Å²) in [7, 11) is 0. The molecule has 4 N–H and O–H groups in total. The van der Waals surface area contributed by atoms with Crippen molar-refractivity contribution in [1.29, 1.82) is 0 Å². The zero-order valence-corrected chi connectivity index (χ0v) is 15.1. The minimum Gasteiger partial charge on any atom is -0.506 e. The second-order valence-electron chi connectivity index (χ2n) is 7.35. The first-order chi connectivity index (χ1) is 12.3. The normalized spacial score (nSPS) is 11.5. The van der Waals surface area contributed by atoms with E-state index in [9.17, 15) is 9.90 Å². The highest BCUT2D eigenvalue weighted by atomic mass is 16.3. The van der Waals surface area contributed by atoms with Crippen LogP contribution in [0.2, 0.25) is 0 Å². The minimum absolute atomic E-state index is 0.0132. The number of phenols is 1. The van der Waals surface area contributed by atoms with Crippen molar-refractivity contribution in [3.63, 3.8) is 0 Å². The van der Waals surface area contributed by atoms with Crippen LogP contribution in [0.3, 0.4) is 0 Å². The molecule has 3 aromatic carbocycles. The van der Waals surface area contributed by atoms with Crippen molar-refractivity contribution in [2.75, 3.05) is 0 Å². The maximum Gasteiger partial charge on any atom is 0.255 e. The van der Waals surface area contributed by atoms with Crippen LogP contribution >= 0.6 is 0 Å². The van der Waals surface area contributed by atoms with Gasteiger partial charge in [-0.25, -0.2) is 0 Å². The SMILES string of the molecule is CC(C)(N)Cc1cccc(CNC(=O)c2ccc3ccccc3c2O)c1. The van der Waals surface area contributed by atoms with Crippen molar-refractivity contribution in [3.05, 3.63) is 77.4 Å². The Morgan fingerprint density at radius 2 is 1.77 bits per heavy atom. The Bertz CT molecular complexity index is 942. The first kappa shape index (κ1) is 18.0. The molecule has 0 heterocycles. The van der Waals surface area contributed by atoms with E-state index in [1.165, 1.54) is 0 Å². The van der Waals surface area contributed by atoms with Crippen LogP contribution in [0, 0.1) is 0 Å². The summed E-state index contributed by atoms with van der Waals surface area (Å²) in [5, 5.41) is 14.9. The molecule has 26 heavy (non-hydrogen) atoms. The third kappa shape index (κ3) is 4.21. The van der Waals surface area contributed by atoms with Gasteiger partial charge in [-0.2, -0.15) is 0 Å². The zero-order valence-electron chi connectivity index (χ0n) is 15.1. The number of phenolic OH excluding ortho intramolecular Hbond substituents is 1. The average Bonchev–Trinajstić information content (AvgIpc) is 2.59. The predicted octanol–water partition coefficient (Wildman–Crippen LogP) is 3.76. The van der Waals surface area contributed by atoms with E-state index in [1.807, 2.05) is 56.3 Å². The molecule has 0 spiro atoms. The van der Waals surface area contributed by atoms with Crippen LogP contribution < -0.4 is 11.1 Å². The molecule has 0 unspecified atom stereocenters. The van der Waals surface area contributed by atoms with Gasteiger partial charge in [-0.15, -0.1) is 0 Å². The Morgan fingerprint density at radius 3 is 2.54 bits per heavy atom. The van der Waals surface area contributed by atoms with Gasteiger partial charge in [-0.3, -0.25) is 4.79 Å². The number of aromatic hydroxyl groups is 1. The summed E-state index contributed by atoms with van der Waals surface area (Å²) in [6.45, 7) is 4.37. The third-order valence-electron chi connectivity index (χ3n) is 4.25. The van der Waals surface area contributed by atoms with Crippen LogP contribution in [0.4, 0.5) is 0 Å². The van der Waals surface area contributed by atoms with Crippen LogP contribution in [0.5, 0.6) is 5.75 Å². The van der Waals surface area contributed by atoms with Crippen LogP contribution in [0.1, 0.15) is 35.3 Å². The molecule has 0 aliphatic rings. The number of amides is 1. The largest absolute Gasteiger partial charge is 0.506 e. The molecule has 0 atom stereocenters. The molecule has 0 saturated heterocycles. The van der Waals surface area contributed by atoms with E-state index in [1.54, 1.807) is 12.1 Å². The molecule has 3 rings (SSSR count). The third-order valence-corrected chi connectivity index (χ3v) is 4.25. The van der Waals surface area contributed by atoms with Gasteiger partial charge in [-0.05, 0) is 42.8 Å². The van der Waals surface area contributed by atoms with Crippen molar-refractivity contribution in [3.8, 4) is 5.75 Å². The van der Waals surface area contributed by atoms with Crippen molar-refractivity contribution >= 4 is 16.7 Å². The molecule has 134 valence electrons. The van der Waals surface area contributed by atoms with Gasteiger partial charge in [0, 0.05) is 17.5 Å². The fourth-order valence-corrected chi connectivity index (χ4v) is 3.09. The van der Waals surface area contributed by atoms with E-state index in [2.05, 4.69) is 11.4 Å². The lowest BCUT2D eigenvalue weighted by atomic mass is 9.95. The number of carbonyl (C=O) groups excluding carboxylic acids is 1. The van der Waals surface area contributed by atoms with Crippen molar-refractivity contribution in [2.45, 2.75) is 32.4 Å². The smallest absolute Gasteiger partial charge is 0.255 e. The highest BCUT2D eigenvalue weighted by Gasteiger charge is 2.14. The van der Waals surface area contributed by atoms with Crippen LogP contribution in [0.15, 0.2) is 60.7 Å². The van der Waals surface area contributed by atoms with Gasteiger partial charge in [0.15, 0.2) is 0 Å². The first-order valence-corrected chi connectivity index (χ1v) is 8.69. The maximum absolute atomic E-state index is 12.5. The molecular formula is C22H24N2O2. The van der Waals surface area contributed by atoms with E-state index in [4.69, 9.17) is 5.73 Å².